The first-order chi connectivity index (χ1) is 9.24. The molecule has 0 amide bonds. The smallest absolute Gasteiger partial charge is 0.0546 e. The summed E-state index contributed by atoms with van der Waals surface area (Å²) in [4.78, 5) is 6.72. The zero-order valence-electron chi connectivity index (χ0n) is 11.8. The molecule has 1 unspecified atom stereocenters. The topological polar surface area (TPSA) is 51.4 Å². The first-order valence-corrected chi connectivity index (χ1v) is 7.10. The Morgan fingerprint density at radius 3 is 3.00 bits per heavy atom. The third-order valence-electron chi connectivity index (χ3n) is 3.92. The van der Waals surface area contributed by atoms with E-state index in [1.807, 2.05) is 18.3 Å². The van der Waals surface area contributed by atoms with Crippen LogP contribution in [0.1, 0.15) is 18.5 Å². The highest BCUT2D eigenvalue weighted by molar-refractivity contribution is 5.03. The Morgan fingerprint density at radius 2 is 2.37 bits per heavy atom. The van der Waals surface area contributed by atoms with Gasteiger partial charge in [0.05, 0.1) is 6.61 Å². The molecule has 2 rings (SSSR count). The minimum atomic E-state index is 0.150. The SMILES string of the molecule is CN(CCc1ccccn1)CC1(CN)CCCOC1. The predicted molar refractivity (Wildman–Crippen MR) is 77.0 cm³/mol. The molecule has 0 saturated carbocycles. The van der Waals surface area contributed by atoms with Crippen molar-refractivity contribution < 1.29 is 4.74 Å². The van der Waals surface area contributed by atoms with Crippen LogP contribution in [0.25, 0.3) is 0 Å². The molecule has 4 nitrogen and oxygen atoms in total. The number of likely N-dealkylation sites (N-methyl/N-ethyl adjacent to an activating group) is 1. The summed E-state index contributed by atoms with van der Waals surface area (Å²) in [5, 5.41) is 0. The summed E-state index contributed by atoms with van der Waals surface area (Å²) in [6, 6.07) is 6.07. The van der Waals surface area contributed by atoms with Crippen molar-refractivity contribution >= 4 is 0 Å². The lowest BCUT2D eigenvalue weighted by Crippen LogP contribution is -2.47. The maximum Gasteiger partial charge on any atom is 0.0546 e. The van der Waals surface area contributed by atoms with Crippen molar-refractivity contribution in [2.75, 3.05) is 39.9 Å². The number of ether oxygens (including phenoxy) is 1. The van der Waals surface area contributed by atoms with E-state index in [1.165, 1.54) is 6.42 Å². The molecule has 4 heteroatoms. The van der Waals surface area contributed by atoms with E-state index in [1.54, 1.807) is 0 Å². The van der Waals surface area contributed by atoms with E-state index >= 15 is 0 Å². The molecule has 19 heavy (non-hydrogen) atoms. The van der Waals surface area contributed by atoms with Gasteiger partial charge in [0.1, 0.15) is 0 Å². The minimum Gasteiger partial charge on any atom is -0.381 e. The van der Waals surface area contributed by atoms with Crippen molar-refractivity contribution in [2.24, 2.45) is 11.1 Å². The van der Waals surface area contributed by atoms with Crippen molar-refractivity contribution in [2.45, 2.75) is 19.3 Å². The Morgan fingerprint density at radius 1 is 1.47 bits per heavy atom. The zero-order chi connectivity index (χ0) is 13.6. The summed E-state index contributed by atoms with van der Waals surface area (Å²) in [5.41, 5.74) is 7.27. The minimum absolute atomic E-state index is 0.150. The number of nitrogens with zero attached hydrogens (tertiary/aromatic N) is 2. The first kappa shape index (κ1) is 14.4. The third-order valence-corrected chi connectivity index (χ3v) is 3.92. The third kappa shape index (κ3) is 4.27. The van der Waals surface area contributed by atoms with Gasteiger partial charge in [0.15, 0.2) is 0 Å². The lowest BCUT2D eigenvalue weighted by atomic mass is 9.82. The molecule has 1 atom stereocenters. The van der Waals surface area contributed by atoms with Crippen LogP contribution in [0, 0.1) is 5.41 Å². The quantitative estimate of drug-likeness (QED) is 0.841. The summed E-state index contributed by atoms with van der Waals surface area (Å²) in [5.74, 6) is 0. The van der Waals surface area contributed by atoms with Crippen LogP contribution in [0.2, 0.25) is 0 Å². The second-order valence-electron chi connectivity index (χ2n) is 5.67. The molecule has 1 aliphatic rings. The Hall–Kier alpha value is -0.970. The van der Waals surface area contributed by atoms with E-state index in [0.717, 1.165) is 44.8 Å². The molecule has 1 fully saturated rings. The standard InChI is InChI=1S/C15H25N3O/c1-18(9-6-14-5-2-3-8-17-14)12-15(11-16)7-4-10-19-13-15/h2-3,5,8H,4,6-7,9-13,16H2,1H3. The number of aromatic nitrogens is 1. The molecule has 2 N–H and O–H groups in total. The fourth-order valence-corrected chi connectivity index (χ4v) is 2.76. The number of hydrogen-bond donors (Lipinski definition) is 1. The monoisotopic (exact) mass is 263 g/mol. The molecule has 1 saturated heterocycles. The van der Waals surface area contributed by atoms with E-state index in [-0.39, 0.29) is 5.41 Å². The molecule has 106 valence electrons. The summed E-state index contributed by atoms with van der Waals surface area (Å²) >= 11 is 0. The molecule has 1 aliphatic heterocycles. The van der Waals surface area contributed by atoms with Crippen molar-refractivity contribution in [1.82, 2.24) is 9.88 Å². The van der Waals surface area contributed by atoms with Gasteiger partial charge in [0.2, 0.25) is 0 Å². The molecule has 0 radical (unpaired) electrons. The van der Waals surface area contributed by atoms with Gasteiger partial charge >= 0.3 is 0 Å². The summed E-state index contributed by atoms with van der Waals surface area (Å²) < 4.78 is 5.62. The molecule has 2 heterocycles. The van der Waals surface area contributed by atoms with Crippen LogP contribution < -0.4 is 5.73 Å². The lowest BCUT2D eigenvalue weighted by molar-refractivity contribution is -0.0181. The fourth-order valence-electron chi connectivity index (χ4n) is 2.76. The highest BCUT2D eigenvalue weighted by atomic mass is 16.5. The molecular weight excluding hydrogens is 238 g/mol. The highest BCUT2D eigenvalue weighted by Gasteiger charge is 2.32. The van der Waals surface area contributed by atoms with Gasteiger partial charge in [-0.3, -0.25) is 4.98 Å². The molecule has 0 spiro atoms. The van der Waals surface area contributed by atoms with E-state index < -0.39 is 0 Å². The average Bonchev–Trinajstić information content (AvgIpc) is 2.47. The molecule has 1 aromatic heterocycles. The van der Waals surface area contributed by atoms with E-state index in [4.69, 9.17) is 10.5 Å². The van der Waals surface area contributed by atoms with Gasteiger partial charge in [-0.2, -0.15) is 0 Å². The Balaban J connectivity index is 1.81. The normalized spacial score (nSPS) is 23.7. The van der Waals surface area contributed by atoms with E-state index in [2.05, 4.69) is 23.0 Å². The molecule has 0 bridgehead atoms. The lowest BCUT2D eigenvalue weighted by Gasteiger charge is -2.39. The van der Waals surface area contributed by atoms with Crippen molar-refractivity contribution in [1.29, 1.82) is 0 Å². The molecule has 0 aliphatic carbocycles. The molecule has 1 aromatic rings. The van der Waals surface area contributed by atoms with Gasteiger partial charge in [-0.25, -0.2) is 0 Å². The molecular formula is C15H25N3O. The van der Waals surface area contributed by atoms with Crippen LogP contribution in [-0.4, -0.2) is 49.8 Å². The second-order valence-corrected chi connectivity index (χ2v) is 5.67. The van der Waals surface area contributed by atoms with Gasteiger partial charge in [0, 0.05) is 50.0 Å². The summed E-state index contributed by atoms with van der Waals surface area (Å²) in [6.45, 7) is 4.42. The van der Waals surface area contributed by atoms with Gasteiger partial charge < -0.3 is 15.4 Å². The van der Waals surface area contributed by atoms with Crippen LogP contribution >= 0.6 is 0 Å². The maximum atomic E-state index is 5.97. The summed E-state index contributed by atoms with van der Waals surface area (Å²) in [7, 11) is 2.16. The Kier molecular flexibility index (Phi) is 5.31. The van der Waals surface area contributed by atoms with Gasteiger partial charge in [-0.1, -0.05) is 6.07 Å². The predicted octanol–water partition coefficient (Wildman–Crippen LogP) is 1.31. The fraction of sp³-hybridized carbons (Fsp3) is 0.667. The van der Waals surface area contributed by atoms with Gasteiger partial charge in [0.25, 0.3) is 0 Å². The van der Waals surface area contributed by atoms with Crippen LogP contribution in [0.4, 0.5) is 0 Å². The number of hydrogen-bond acceptors (Lipinski definition) is 4. The van der Waals surface area contributed by atoms with Gasteiger partial charge in [-0.15, -0.1) is 0 Å². The average molecular weight is 263 g/mol. The summed E-state index contributed by atoms with van der Waals surface area (Å²) in [6.07, 6.45) is 5.15. The largest absolute Gasteiger partial charge is 0.381 e. The number of rotatable bonds is 6. The van der Waals surface area contributed by atoms with Crippen LogP contribution in [0.5, 0.6) is 0 Å². The number of nitrogens with two attached hydrogens (primary N) is 1. The van der Waals surface area contributed by atoms with E-state index in [0.29, 0.717) is 6.54 Å². The zero-order valence-corrected chi connectivity index (χ0v) is 11.8. The maximum absolute atomic E-state index is 5.97. The molecule has 0 aromatic carbocycles. The van der Waals surface area contributed by atoms with E-state index in [9.17, 15) is 0 Å². The van der Waals surface area contributed by atoms with Crippen molar-refractivity contribution in [3.8, 4) is 0 Å². The Labute approximate surface area is 116 Å². The van der Waals surface area contributed by atoms with Crippen LogP contribution in [-0.2, 0) is 11.2 Å². The first-order valence-electron chi connectivity index (χ1n) is 7.10. The number of pyridine rings is 1. The second kappa shape index (κ2) is 6.98. The van der Waals surface area contributed by atoms with Gasteiger partial charge in [-0.05, 0) is 32.0 Å². The highest BCUT2D eigenvalue weighted by Crippen LogP contribution is 2.28. The van der Waals surface area contributed by atoms with Crippen LogP contribution in [0.3, 0.4) is 0 Å². The van der Waals surface area contributed by atoms with Crippen molar-refractivity contribution in [3.05, 3.63) is 30.1 Å². The Bertz CT molecular complexity index is 363. The van der Waals surface area contributed by atoms with Crippen molar-refractivity contribution in [3.63, 3.8) is 0 Å². The van der Waals surface area contributed by atoms with Crippen LogP contribution in [0.15, 0.2) is 24.4 Å².